The predicted octanol–water partition coefficient (Wildman–Crippen LogP) is 2.12. The molecule has 2 heterocycles. The zero-order valence-electron chi connectivity index (χ0n) is 14.0. The average Bonchev–Trinajstić information content (AvgIpc) is 3.06. The van der Waals surface area contributed by atoms with Gasteiger partial charge in [-0.1, -0.05) is 30.3 Å². The number of carbonyl (C=O) groups excluding carboxylic acids is 1. The Labute approximate surface area is 146 Å². The Hall–Kier alpha value is -2.89. The number of amides is 1. The fourth-order valence-corrected chi connectivity index (χ4v) is 3.53. The molecule has 0 spiro atoms. The van der Waals surface area contributed by atoms with E-state index in [1.54, 1.807) is 12.1 Å². The molecule has 1 aliphatic heterocycles. The first-order valence-corrected chi connectivity index (χ1v) is 8.65. The molecule has 0 aliphatic carbocycles. The number of benzene rings is 2. The number of nitrogens with two attached hydrogens (primary N) is 1. The van der Waals surface area contributed by atoms with Gasteiger partial charge in [-0.2, -0.15) is 4.79 Å². The van der Waals surface area contributed by atoms with Gasteiger partial charge in [-0.05, 0) is 54.2 Å². The second kappa shape index (κ2) is 6.55. The van der Waals surface area contributed by atoms with Crippen LogP contribution in [0, 0.1) is 5.92 Å². The van der Waals surface area contributed by atoms with Crippen LogP contribution in [0.15, 0.2) is 48.5 Å². The Balaban J connectivity index is 1.45. The van der Waals surface area contributed by atoms with Crippen LogP contribution in [0.5, 0.6) is 0 Å². The number of nitrogens with zero attached hydrogens (tertiary/aromatic N) is 4. The molecule has 128 valence electrons. The van der Waals surface area contributed by atoms with Gasteiger partial charge < -0.3 is 5.73 Å². The summed E-state index contributed by atoms with van der Waals surface area (Å²) in [5.41, 5.74) is 8.80. The van der Waals surface area contributed by atoms with Gasteiger partial charge in [0.15, 0.2) is 0 Å². The van der Waals surface area contributed by atoms with Crippen molar-refractivity contribution in [3.8, 4) is 0 Å². The van der Waals surface area contributed by atoms with Crippen LogP contribution in [-0.2, 0) is 6.42 Å². The minimum absolute atomic E-state index is 0.446. The van der Waals surface area contributed by atoms with Crippen molar-refractivity contribution < 1.29 is 4.79 Å². The summed E-state index contributed by atoms with van der Waals surface area (Å²) in [4.78, 5) is 13.2. The van der Waals surface area contributed by atoms with Crippen molar-refractivity contribution in [1.29, 1.82) is 0 Å². The van der Waals surface area contributed by atoms with E-state index in [0.717, 1.165) is 37.9 Å². The highest BCUT2D eigenvalue weighted by atomic mass is 16.1. The smallest absolute Gasteiger partial charge is 0.248 e. The second-order valence-corrected chi connectivity index (χ2v) is 6.63. The summed E-state index contributed by atoms with van der Waals surface area (Å²) in [7, 11) is 0. The van der Waals surface area contributed by atoms with Crippen LogP contribution in [0.1, 0.15) is 28.8 Å². The van der Waals surface area contributed by atoms with Crippen molar-refractivity contribution in [1.82, 2.24) is 15.1 Å². The molecular formula is C19H21N5O. The van der Waals surface area contributed by atoms with Gasteiger partial charge >= 0.3 is 0 Å². The first-order chi connectivity index (χ1) is 12.2. The van der Waals surface area contributed by atoms with E-state index < -0.39 is 5.91 Å². The maximum absolute atomic E-state index is 11.3. The first-order valence-electron chi connectivity index (χ1n) is 8.65. The minimum atomic E-state index is -0.446. The lowest BCUT2D eigenvalue weighted by Gasteiger charge is -2.33. The molecule has 3 aromatic rings. The number of piperidine rings is 1. The summed E-state index contributed by atoms with van der Waals surface area (Å²) in [6.07, 6.45) is 3.40. The minimum Gasteiger partial charge on any atom is -0.366 e. The van der Waals surface area contributed by atoms with E-state index in [9.17, 15) is 4.79 Å². The Morgan fingerprint density at radius 3 is 2.60 bits per heavy atom. The molecule has 0 atom stereocenters. The molecule has 6 nitrogen and oxygen atoms in total. The largest absolute Gasteiger partial charge is 0.366 e. The third-order valence-electron chi connectivity index (χ3n) is 4.94. The van der Waals surface area contributed by atoms with Crippen molar-refractivity contribution >= 4 is 16.9 Å². The molecule has 1 fully saturated rings. The summed E-state index contributed by atoms with van der Waals surface area (Å²) in [5, 5.41) is 10.7. The number of primary amides is 1. The molecule has 2 N–H and O–H groups in total. The van der Waals surface area contributed by atoms with Crippen LogP contribution >= 0.6 is 0 Å². The van der Waals surface area contributed by atoms with E-state index in [1.165, 1.54) is 5.56 Å². The summed E-state index contributed by atoms with van der Waals surface area (Å²) < 4.78 is 0. The molecule has 0 radical (unpaired) electrons. The van der Waals surface area contributed by atoms with E-state index in [2.05, 4.69) is 45.7 Å². The molecule has 25 heavy (non-hydrogen) atoms. The Morgan fingerprint density at radius 2 is 1.88 bits per heavy atom. The Bertz CT molecular complexity index is 881. The van der Waals surface area contributed by atoms with E-state index in [-0.39, 0.29) is 0 Å². The van der Waals surface area contributed by atoms with Crippen molar-refractivity contribution in [3.05, 3.63) is 59.7 Å². The lowest BCUT2D eigenvalue weighted by molar-refractivity contribution is 0.100. The van der Waals surface area contributed by atoms with Crippen LogP contribution in [-0.4, -0.2) is 34.1 Å². The van der Waals surface area contributed by atoms with Gasteiger partial charge in [-0.15, -0.1) is 5.10 Å². The van der Waals surface area contributed by atoms with Gasteiger partial charge in [-0.25, -0.2) is 0 Å². The molecule has 1 aromatic heterocycles. The second-order valence-electron chi connectivity index (χ2n) is 6.63. The van der Waals surface area contributed by atoms with Crippen LogP contribution in [0.4, 0.5) is 0 Å². The van der Waals surface area contributed by atoms with Gasteiger partial charge in [0.05, 0.1) is 0 Å². The molecular weight excluding hydrogens is 314 g/mol. The molecule has 6 heteroatoms. The van der Waals surface area contributed by atoms with Crippen LogP contribution in [0.3, 0.4) is 0 Å². The quantitative estimate of drug-likeness (QED) is 0.792. The number of hydrogen-bond acceptors (Lipinski definition) is 4. The summed E-state index contributed by atoms with van der Waals surface area (Å²) >= 11 is 0. The molecule has 1 aliphatic rings. The van der Waals surface area contributed by atoms with Crippen LogP contribution in [0.2, 0.25) is 0 Å². The van der Waals surface area contributed by atoms with Crippen LogP contribution in [0.25, 0.3) is 11.0 Å². The molecule has 1 amide bonds. The number of rotatable bonds is 4. The zero-order chi connectivity index (χ0) is 17.2. The summed E-state index contributed by atoms with van der Waals surface area (Å²) in [6.45, 7) is 1.90. The highest BCUT2D eigenvalue weighted by Gasteiger charge is 2.22. The van der Waals surface area contributed by atoms with Gasteiger partial charge in [0.25, 0.3) is 0 Å². The van der Waals surface area contributed by atoms with Crippen LogP contribution < -0.4 is 10.7 Å². The van der Waals surface area contributed by atoms with Gasteiger partial charge in [0.2, 0.25) is 5.91 Å². The van der Waals surface area contributed by atoms with Crippen molar-refractivity contribution in [2.24, 2.45) is 11.7 Å². The zero-order valence-corrected chi connectivity index (χ0v) is 14.0. The number of fused-ring (bicyclic) bond motifs is 1. The monoisotopic (exact) mass is 335 g/mol. The molecule has 4 rings (SSSR count). The fourth-order valence-electron chi connectivity index (χ4n) is 3.53. The third-order valence-corrected chi connectivity index (χ3v) is 4.94. The van der Waals surface area contributed by atoms with E-state index >= 15 is 0 Å². The maximum Gasteiger partial charge on any atom is 0.248 e. The van der Waals surface area contributed by atoms with Gasteiger partial charge in [0, 0.05) is 18.7 Å². The number of hydrogen-bond donors (Lipinski definition) is 1. The fraction of sp³-hybridized carbons (Fsp3) is 0.316. The molecule has 0 bridgehead atoms. The molecule has 1 saturated heterocycles. The molecule has 2 aromatic carbocycles. The predicted molar refractivity (Wildman–Crippen MR) is 96.9 cm³/mol. The number of aromatic nitrogens is 3. The highest BCUT2D eigenvalue weighted by molar-refractivity contribution is 5.96. The topological polar surface area (TPSA) is 77.0 Å². The normalized spacial score (nSPS) is 15.6. The standard InChI is InChI=1S/C19H21N5O/c20-19(25)16-6-7-18-17(13-16)21-22-24(18)23-10-8-15(9-11-23)12-14-4-2-1-3-5-14/h1-7,13,15H,8-12H2,(H2,20,25). The van der Waals surface area contributed by atoms with Crippen molar-refractivity contribution in [2.75, 3.05) is 18.1 Å². The lowest BCUT2D eigenvalue weighted by Crippen LogP contribution is -2.42. The van der Waals surface area contributed by atoms with E-state index in [1.807, 2.05) is 10.9 Å². The van der Waals surface area contributed by atoms with E-state index in [0.29, 0.717) is 17.0 Å². The van der Waals surface area contributed by atoms with Crippen molar-refractivity contribution in [3.63, 3.8) is 0 Å². The highest BCUT2D eigenvalue weighted by Crippen LogP contribution is 2.22. The first kappa shape index (κ1) is 15.6. The molecule has 0 unspecified atom stereocenters. The molecule has 0 saturated carbocycles. The summed E-state index contributed by atoms with van der Waals surface area (Å²) in [5.74, 6) is 0.257. The Morgan fingerprint density at radius 1 is 1.12 bits per heavy atom. The summed E-state index contributed by atoms with van der Waals surface area (Å²) in [6, 6.07) is 16.0. The van der Waals surface area contributed by atoms with Gasteiger partial charge in [-0.3, -0.25) is 9.80 Å². The van der Waals surface area contributed by atoms with E-state index in [4.69, 9.17) is 5.73 Å². The lowest BCUT2D eigenvalue weighted by atomic mass is 9.91. The average molecular weight is 335 g/mol. The third kappa shape index (κ3) is 3.20. The van der Waals surface area contributed by atoms with Crippen molar-refractivity contribution in [2.45, 2.75) is 19.3 Å². The Kier molecular flexibility index (Phi) is 4.09. The SMILES string of the molecule is NC(=O)c1ccc2c(c1)nnn2N1CCC(Cc2ccccc2)CC1. The maximum atomic E-state index is 11.3. The van der Waals surface area contributed by atoms with Gasteiger partial charge in [0.1, 0.15) is 11.0 Å². The number of carbonyl (C=O) groups is 1.